The first-order valence-corrected chi connectivity index (χ1v) is 6.50. The minimum atomic E-state index is -1.25. The first-order chi connectivity index (χ1) is 9.36. The van der Waals surface area contributed by atoms with Gasteiger partial charge in [0.2, 0.25) is 11.8 Å². The highest BCUT2D eigenvalue weighted by Gasteiger charge is 2.60. The Morgan fingerprint density at radius 1 is 1.45 bits per heavy atom. The second-order valence-electron chi connectivity index (χ2n) is 5.32. The molecule has 0 radical (unpaired) electrons. The summed E-state index contributed by atoms with van der Waals surface area (Å²) in [4.78, 5) is 24.8. The molecule has 0 aliphatic carbocycles. The topological polar surface area (TPSA) is 119 Å². The summed E-state index contributed by atoms with van der Waals surface area (Å²) in [6.45, 7) is 0.899. The van der Waals surface area contributed by atoms with E-state index >= 15 is 0 Å². The first-order valence-electron chi connectivity index (χ1n) is 6.50. The smallest absolute Gasteiger partial charge is 0.242 e. The third-order valence-electron chi connectivity index (χ3n) is 4.12. The molecule has 8 nitrogen and oxygen atoms in total. The highest BCUT2D eigenvalue weighted by Crippen LogP contribution is 2.41. The van der Waals surface area contributed by atoms with Crippen molar-refractivity contribution in [2.45, 2.75) is 43.3 Å². The van der Waals surface area contributed by atoms with Crippen LogP contribution >= 0.6 is 0 Å². The number of aliphatic hydroxyl groups excluding tert-OH is 3. The molecule has 2 saturated heterocycles. The standard InChI is InChI=1S/C12H20N2O6/c1-6(16)14-5-12(3-7(14)11(19)13-2)10(18)9(17)8(4-15)20-12/h7-10,15,17-18H,3-5H2,1-2H3,(H,13,19)/t7-,8-,9-,10+,12+/m1/s1. The number of hydrogen-bond acceptors (Lipinski definition) is 6. The van der Waals surface area contributed by atoms with Gasteiger partial charge in [-0.2, -0.15) is 0 Å². The van der Waals surface area contributed by atoms with Gasteiger partial charge in [0.15, 0.2) is 0 Å². The lowest BCUT2D eigenvalue weighted by Crippen LogP contribution is -2.46. The number of likely N-dealkylation sites (tertiary alicyclic amines) is 1. The van der Waals surface area contributed by atoms with Gasteiger partial charge >= 0.3 is 0 Å². The number of carbonyl (C=O) groups excluding carboxylic acids is 2. The van der Waals surface area contributed by atoms with Crippen LogP contribution in [-0.2, 0) is 14.3 Å². The molecule has 2 rings (SSSR count). The molecule has 2 aliphatic rings. The summed E-state index contributed by atoms with van der Waals surface area (Å²) in [6, 6.07) is -0.753. The number of aliphatic hydroxyl groups is 3. The largest absolute Gasteiger partial charge is 0.394 e. The molecule has 8 heteroatoms. The van der Waals surface area contributed by atoms with Crippen molar-refractivity contribution in [3.8, 4) is 0 Å². The lowest BCUT2D eigenvalue weighted by atomic mass is 9.91. The van der Waals surface area contributed by atoms with Crippen LogP contribution in [0.1, 0.15) is 13.3 Å². The first kappa shape index (κ1) is 15.2. The Morgan fingerprint density at radius 3 is 2.55 bits per heavy atom. The fourth-order valence-electron chi connectivity index (χ4n) is 3.03. The van der Waals surface area contributed by atoms with Gasteiger partial charge in [-0.1, -0.05) is 0 Å². The van der Waals surface area contributed by atoms with Crippen LogP contribution in [0.15, 0.2) is 0 Å². The third kappa shape index (κ3) is 2.18. The normalized spacial score (nSPS) is 40.4. The summed E-state index contributed by atoms with van der Waals surface area (Å²) >= 11 is 0. The fourth-order valence-corrected chi connectivity index (χ4v) is 3.03. The summed E-state index contributed by atoms with van der Waals surface area (Å²) in [6.07, 6.45) is -3.32. The van der Waals surface area contributed by atoms with Crippen LogP contribution in [0.25, 0.3) is 0 Å². The zero-order chi connectivity index (χ0) is 15.1. The molecule has 0 bridgehead atoms. The molecule has 0 aromatic rings. The summed E-state index contributed by atoms with van der Waals surface area (Å²) in [5, 5.41) is 31.6. The van der Waals surface area contributed by atoms with Gasteiger partial charge in [0, 0.05) is 20.4 Å². The molecular weight excluding hydrogens is 268 g/mol. The Labute approximate surface area is 116 Å². The predicted molar refractivity (Wildman–Crippen MR) is 66.6 cm³/mol. The monoisotopic (exact) mass is 288 g/mol. The van der Waals surface area contributed by atoms with Crippen molar-refractivity contribution in [3.63, 3.8) is 0 Å². The summed E-state index contributed by atoms with van der Waals surface area (Å²) in [5.41, 5.74) is -1.21. The highest BCUT2D eigenvalue weighted by molar-refractivity contribution is 5.87. The number of amides is 2. The molecule has 114 valence electrons. The van der Waals surface area contributed by atoms with Crippen molar-refractivity contribution < 1.29 is 29.6 Å². The van der Waals surface area contributed by atoms with E-state index < -0.39 is 36.6 Å². The van der Waals surface area contributed by atoms with Crippen molar-refractivity contribution in [1.29, 1.82) is 0 Å². The Morgan fingerprint density at radius 2 is 2.10 bits per heavy atom. The third-order valence-corrected chi connectivity index (χ3v) is 4.12. The van der Waals surface area contributed by atoms with Gasteiger partial charge < -0.3 is 30.3 Å². The van der Waals surface area contributed by atoms with Gasteiger partial charge in [-0.3, -0.25) is 9.59 Å². The van der Waals surface area contributed by atoms with E-state index in [0.29, 0.717) is 0 Å². The van der Waals surface area contributed by atoms with Crippen molar-refractivity contribution in [1.82, 2.24) is 10.2 Å². The summed E-state index contributed by atoms with van der Waals surface area (Å²) in [5.74, 6) is -0.664. The summed E-state index contributed by atoms with van der Waals surface area (Å²) < 4.78 is 5.57. The number of likely N-dealkylation sites (N-methyl/N-ethyl adjacent to an activating group) is 1. The van der Waals surface area contributed by atoms with Crippen LogP contribution in [0.3, 0.4) is 0 Å². The maximum absolute atomic E-state index is 11.9. The van der Waals surface area contributed by atoms with E-state index in [2.05, 4.69) is 5.32 Å². The molecule has 0 aromatic heterocycles. The van der Waals surface area contributed by atoms with Crippen LogP contribution in [0.4, 0.5) is 0 Å². The van der Waals surface area contributed by atoms with E-state index in [1.165, 1.54) is 18.9 Å². The number of hydrogen-bond donors (Lipinski definition) is 4. The Kier molecular flexibility index (Phi) is 4.01. The maximum Gasteiger partial charge on any atom is 0.242 e. The molecule has 2 aliphatic heterocycles. The van der Waals surface area contributed by atoms with Crippen molar-refractivity contribution in [2.24, 2.45) is 0 Å². The predicted octanol–water partition coefficient (Wildman–Crippen LogP) is -2.80. The number of rotatable bonds is 2. The molecule has 1 spiro atoms. The SMILES string of the molecule is CNC(=O)[C@H]1C[C@@]2(CN1C(C)=O)O[C@H](CO)[C@@H](O)[C@@H]2O. The van der Waals surface area contributed by atoms with Gasteiger partial charge in [-0.15, -0.1) is 0 Å². The lowest BCUT2D eigenvalue weighted by Gasteiger charge is -2.26. The molecule has 4 N–H and O–H groups in total. The van der Waals surface area contributed by atoms with Crippen molar-refractivity contribution >= 4 is 11.8 Å². The number of nitrogens with one attached hydrogen (secondary N) is 1. The minimum Gasteiger partial charge on any atom is -0.394 e. The van der Waals surface area contributed by atoms with E-state index in [4.69, 9.17) is 9.84 Å². The Bertz CT molecular complexity index is 417. The molecule has 2 amide bonds. The van der Waals surface area contributed by atoms with Gasteiger partial charge in [-0.25, -0.2) is 0 Å². The van der Waals surface area contributed by atoms with E-state index in [1.54, 1.807) is 0 Å². The van der Waals surface area contributed by atoms with E-state index in [9.17, 15) is 19.8 Å². The molecule has 0 aromatic carbocycles. The molecule has 20 heavy (non-hydrogen) atoms. The molecule has 5 atom stereocenters. The van der Waals surface area contributed by atoms with Crippen LogP contribution in [0.2, 0.25) is 0 Å². The van der Waals surface area contributed by atoms with Gasteiger partial charge in [0.1, 0.15) is 30.0 Å². The van der Waals surface area contributed by atoms with Gasteiger partial charge in [0.25, 0.3) is 0 Å². The minimum absolute atomic E-state index is 0.00907. The highest BCUT2D eigenvalue weighted by atomic mass is 16.6. The molecule has 2 heterocycles. The van der Waals surface area contributed by atoms with Crippen molar-refractivity contribution in [2.75, 3.05) is 20.2 Å². The fraction of sp³-hybridized carbons (Fsp3) is 0.833. The molecule has 0 unspecified atom stereocenters. The van der Waals surface area contributed by atoms with E-state index in [0.717, 1.165) is 0 Å². The quantitative estimate of drug-likeness (QED) is 0.436. The van der Waals surface area contributed by atoms with Crippen LogP contribution in [0.5, 0.6) is 0 Å². The zero-order valence-corrected chi connectivity index (χ0v) is 11.4. The second-order valence-corrected chi connectivity index (χ2v) is 5.32. The number of carbonyl (C=O) groups is 2. The van der Waals surface area contributed by atoms with Crippen LogP contribution in [-0.4, -0.2) is 82.2 Å². The lowest BCUT2D eigenvalue weighted by molar-refractivity contribution is -0.137. The van der Waals surface area contributed by atoms with Crippen LogP contribution < -0.4 is 5.32 Å². The maximum atomic E-state index is 11.9. The second kappa shape index (κ2) is 5.28. The van der Waals surface area contributed by atoms with Crippen LogP contribution in [0, 0.1) is 0 Å². The van der Waals surface area contributed by atoms with Gasteiger partial charge in [0.05, 0.1) is 13.2 Å². The molecule has 0 saturated carbocycles. The Balaban J connectivity index is 2.27. The number of ether oxygens (including phenoxy) is 1. The van der Waals surface area contributed by atoms with Gasteiger partial charge in [-0.05, 0) is 0 Å². The summed E-state index contributed by atoms with van der Waals surface area (Å²) in [7, 11) is 1.46. The Hall–Kier alpha value is -1.22. The zero-order valence-electron chi connectivity index (χ0n) is 11.4. The van der Waals surface area contributed by atoms with Crippen molar-refractivity contribution in [3.05, 3.63) is 0 Å². The number of nitrogens with zero attached hydrogens (tertiary/aromatic N) is 1. The van der Waals surface area contributed by atoms with E-state index in [1.807, 2.05) is 0 Å². The average Bonchev–Trinajstić information content (AvgIpc) is 2.93. The molecule has 2 fully saturated rings. The van der Waals surface area contributed by atoms with E-state index in [-0.39, 0.29) is 24.8 Å². The average molecular weight is 288 g/mol. The molecular formula is C12H20N2O6.